The third kappa shape index (κ3) is 3.94. The van der Waals surface area contributed by atoms with Crippen molar-refractivity contribution < 1.29 is 27.0 Å². The first kappa shape index (κ1) is 19.6. The molecule has 3 N–H and O–H groups in total. The number of carbonyl (C=O) groups excluding carboxylic acids is 3. The zero-order valence-electron chi connectivity index (χ0n) is 14.6. The lowest BCUT2D eigenvalue weighted by molar-refractivity contribution is -0.159. The summed E-state index contributed by atoms with van der Waals surface area (Å²) in [4.78, 5) is 38.2. The van der Waals surface area contributed by atoms with Gasteiger partial charge in [-0.1, -0.05) is 30.3 Å². The SMILES string of the molecule is CC1(C)SC2C(NC(=O)Cc3ccccc3)C(=O)N2C1C(=O)OS(N)(=O)=O. The lowest BCUT2D eigenvalue weighted by atomic mass is 9.96. The van der Waals surface area contributed by atoms with Gasteiger partial charge in [-0.3, -0.25) is 9.59 Å². The van der Waals surface area contributed by atoms with E-state index < -0.39 is 44.4 Å². The number of thioether (sulfide) groups is 1. The lowest BCUT2D eigenvalue weighted by Gasteiger charge is -2.43. The number of carbonyl (C=O) groups is 3. The van der Waals surface area contributed by atoms with Crippen LogP contribution in [0.5, 0.6) is 0 Å². The normalized spacial score (nSPS) is 26.1. The second-order valence-corrected chi connectivity index (χ2v) is 9.79. The summed E-state index contributed by atoms with van der Waals surface area (Å²) in [6, 6.07) is 7.19. The van der Waals surface area contributed by atoms with Gasteiger partial charge in [-0.05, 0) is 19.4 Å². The maximum Gasteiger partial charge on any atom is 0.382 e. The Morgan fingerprint density at radius 2 is 1.93 bits per heavy atom. The van der Waals surface area contributed by atoms with Crippen LogP contribution in [0.3, 0.4) is 0 Å². The summed E-state index contributed by atoms with van der Waals surface area (Å²) in [5.74, 6) is -1.89. The second kappa shape index (κ2) is 6.80. The van der Waals surface area contributed by atoms with Crippen molar-refractivity contribution in [1.82, 2.24) is 10.2 Å². The Balaban J connectivity index is 1.69. The van der Waals surface area contributed by atoms with Gasteiger partial charge in [-0.2, -0.15) is 13.6 Å². The largest absolute Gasteiger partial charge is 0.382 e. The highest BCUT2D eigenvalue weighted by Crippen LogP contribution is 2.51. The molecule has 1 aromatic rings. The number of nitrogens with two attached hydrogens (primary N) is 1. The number of hydrogen-bond acceptors (Lipinski definition) is 7. The van der Waals surface area contributed by atoms with E-state index >= 15 is 0 Å². The van der Waals surface area contributed by atoms with Crippen LogP contribution in [0.25, 0.3) is 0 Å². The fraction of sp³-hybridized carbons (Fsp3) is 0.438. The van der Waals surface area contributed by atoms with Crippen LogP contribution in [0.15, 0.2) is 30.3 Å². The van der Waals surface area contributed by atoms with Gasteiger partial charge in [0.15, 0.2) is 0 Å². The Bertz CT molecular complexity index is 887. The Labute approximate surface area is 160 Å². The molecular weight excluding hydrogens is 394 g/mol. The van der Waals surface area contributed by atoms with Crippen LogP contribution in [-0.2, 0) is 35.3 Å². The van der Waals surface area contributed by atoms with Crippen molar-refractivity contribution in [2.24, 2.45) is 5.14 Å². The Hall–Kier alpha value is -2.11. The Kier molecular flexibility index (Phi) is 4.95. The number of hydrogen-bond donors (Lipinski definition) is 2. The van der Waals surface area contributed by atoms with E-state index in [0.29, 0.717) is 0 Å². The van der Waals surface area contributed by atoms with Crippen molar-refractivity contribution in [3.8, 4) is 0 Å². The highest BCUT2D eigenvalue weighted by molar-refractivity contribution is 8.01. The van der Waals surface area contributed by atoms with Crippen molar-refractivity contribution >= 4 is 39.8 Å². The Morgan fingerprint density at radius 1 is 1.30 bits per heavy atom. The summed E-state index contributed by atoms with van der Waals surface area (Å²) < 4.78 is 25.6. The number of nitrogens with zero attached hydrogens (tertiary/aromatic N) is 1. The minimum atomic E-state index is -4.48. The summed E-state index contributed by atoms with van der Waals surface area (Å²) in [5, 5.41) is 6.96. The number of fused-ring (bicyclic) bond motifs is 1. The molecule has 1 aromatic carbocycles. The van der Waals surface area contributed by atoms with Gasteiger partial charge in [-0.25, -0.2) is 4.79 Å². The molecule has 2 amide bonds. The first-order chi connectivity index (χ1) is 12.5. The molecule has 0 aromatic heterocycles. The molecule has 27 heavy (non-hydrogen) atoms. The van der Waals surface area contributed by atoms with Crippen LogP contribution in [0, 0.1) is 0 Å². The topological polar surface area (TPSA) is 136 Å². The number of amides is 2. The molecule has 3 rings (SSSR count). The molecule has 0 saturated carbocycles. The van der Waals surface area contributed by atoms with E-state index in [9.17, 15) is 22.8 Å². The molecule has 146 valence electrons. The minimum Gasteiger partial charge on any atom is -0.341 e. The maximum absolute atomic E-state index is 12.5. The highest BCUT2D eigenvalue weighted by Gasteiger charge is 2.64. The van der Waals surface area contributed by atoms with Gasteiger partial charge in [0.2, 0.25) is 11.8 Å². The van der Waals surface area contributed by atoms with Gasteiger partial charge < -0.3 is 14.4 Å². The van der Waals surface area contributed by atoms with Crippen LogP contribution in [0.2, 0.25) is 0 Å². The molecular formula is C16H19N3O6S2. The molecule has 0 radical (unpaired) electrons. The van der Waals surface area contributed by atoms with Crippen LogP contribution >= 0.6 is 11.8 Å². The predicted octanol–water partition coefficient (Wildman–Crippen LogP) is -0.477. The predicted molar refractivity (Wildman–Crippen MR) is 97.4 cm³/mol. The molecule has 3 atom stereocenters. The van der Waals surface area contributed by atoms with E-state index in [1.807, 2.05) is 18.2 Å². The molecule has 9 nitrogen and oxygen atoms in total. The van der Waals surface area contributed by atoms with Crippen LogP contribution in [-0.4, -0.2) is 53.3 Å². The van der Waals surface area contributed by atoms with Crippen molar-refractivity contribution in [2.45, 2.75) is 42.5 Å². The van der Waals surface area contributed by atoms with E-state index in [2.05, 4.69) is 9.50 Å². The van der Waals surface area contributed by atoms with Crippen molar-refractivity contribution in [3.63, 3.8) is 0 Å². The minimum absolute atomic E-state index is 0.127. The lowest BCUT2D eigenvalue weighted by Crippen LogP contribution is -2.70. The maximum atomic E-state index is 12.5. The second-order valence-electron chi connectivity index (χ2n) is 6.86. The third-order valence-electron chi connectivity index (χ3n) is 4.39. The van der Waals surface area contributed by atoms with Gasteiger partial charge in [-0.15, -0.1) is 11.8 Å². The fourth-order valence-electron chi connectivity index (χ4n) is 3.29. The van der Waals surface area contributed by atoms with Crippen LogP contribution in [0.1, 0.15) is 19.4 Å². The molecule has 3 unspecified atom stereocenters. The first-order valence-electron chi connectivity index (χ1n) is 8.09. The van der Waals surface area contributed by atoms with Gasteiger partial charge in [0.05, 0.1) is 6.42 Å². The van der Waals surface area contributed by atoms with Gasteiger partial charge in [0, 0.05) is 4.75 Å². The quantitative estimate of drug-likeness (QED) is 0.623. The fourth-order valence-corrected chi connectivity index (χ4v) is 5.23. The summed E-state index contributed by atoms with van der Waals surface area (Å²) in [6.45, 7) is 3.39. The van der Waals surface area contributed by atoms with E-state index in [1.54, 1.807) is 26.0 Å². The molecule has 2 saturated heterocycles. The van der Waals surface area contributed by atoms with Gasteiger partial charge in [0.25, 0.3) is 0 Å². The molecule has 2 fully saturated rings. The monoisotopic (exact) mass is 413 g/mol. The molecule has 11 heteroatoms. The molecule has 0 aliphatic carbocycles. The molecule has 2 heterocycles. The molecule has 0 spiro atoms. The number of rotatable bonds is 5. The highest BCUT2D eigenvalue weighted by atomic mass is 32.2. The standard InChI is InChI=1S/C16H19N3O6S2/c1-16(2)12(15(22)25-27(17,23)24)19-13(21)11(14(19)26-16)18-10(20)8-9-6-4-3-5-7-9/h3-7,11-12,14H,8H2,1-2H3,(H,18,20)(H2,17,23,24). The zero-order chi connectivity index (χ0) is 20.0. The third-order valence-corrected chi connectivity index (χ3v) is 6.35. The summed E-state index contributed by atoms with van der Waals surface area (Å²) >= 11 is 1.29. The summed E-state index contributed by atoms with van der Waals surface area (Å²) in [7, 11) is -4.48. The van der Waals surface area contributed by atoms with Crippen LogP contribution < -0.4 is 10.5 Å². The van der Waals surface area contributed by atoms with Gasteiger partial charge >= 0.3 is 16.3 Å². The van der Waals surface area contributed by atoms with E-state index in [-0.39, 0.29) is 12.3 Å². The smallest absolute Gasteiger partial charge is 0.341 e. The van der Waals surface area contributed by atoms with Gasteiger partial charge in [0.1, 0.15) is 17.5 Å². The first-order valence-corrected chi connectivity index (χ1v) is 10.4. The molecule has 2 aliphatic heterocycles. The Morgan fingerprint density at radius 3 is 2.52 bits per heavy atom. The van der Waals surface area contributed by atoms with E-state index in [0.717, 1.165) is 5.56 Å². The number of benzene rings is 1. The summed E-state index contributed by atoms with van der Waals surface area (Å²) in [5.41, 5.74) is 0.813. The van der Waals surface area contributed by atoms with E-state index in [4.69, 9.17) is 5.14 Å². The molecule has 2 aliphatic rings. The zero-order valence-corrected chi connectivity index (χ0v) is 16.2. The van der Waals surface area contributed by atoms with Crippen molar-refractivity contribution in [1.29, 1.82) is 0 Å². The number of nitrogens with one attached hydrogen (secondary N) is 1. The summed E-state index contributed by atoms with van der Waals surface area (Å²) in [6.07, 6.45) is 0.127. The number of β-lactam (4-membered cyclic amide) rings is 1. The van der Waals surface area contributed by atoms with Crippen LogP contribution in [0.4, 0.5) is 0 Å². The molecule has 0 bridgehead atoms. The average Bonchev–Trinajstić information content (AvgIpc) is 2.80. The van der Waals surface area contributed by atoms with E-state index in [1.165, 1.54) is 16.7 Å². The van der Waals surface area contributed by atoms with Crippen molar-refractivity contribution in [2.75, 3.05) is 0 Å². The average molecular weight is 413 g/mol. The van der Waals surface area contributed by atoms with Crippen molar-refractivity contribution in [3.05, 3.63) is 35.9 Å².